The number of rotatable bonds is 7. The Balaban J connectivity index is 2.73. The maximum atomic E-state index is 12.4. The predicted molar refractivity (Wildman–Crippen MR) is 74.1 cm³/mol. The van der Waals surface area contributed by atoms with Crippen molar-refractivity contribution in [3.63, 3.8) is 0 Å². The molecule has 1 N–H and O–H groups in total. The van der Waals surface area contributed by atoms with Crippen LogP contribution >= 0.6 is 0 Å². The Labute approximate surface area is 114 Å². The zero-order chi connectivity index (χ0) is 14.3. The van der Waals surface area contributed by atoms with E-state index in [9.17, 15) is 9.59 Å². The standard InChI is InChI=1S/C15H21NO3/c1-11(2)16-13(9-10-14(17)19-3)15(18)12-7-5-4-6-8-12/h4-8,11,13,16H,9-10H2,1-3H3. The second-order valence-corrected chi connectivity index (χ2v) is 4.72. The lowest BCUT2D eigenvalue weighted by atomic mass is 9.99. The van der Waals surface area contributed by atoms with Crippen LogP contribution in [-0.4, -0.2) is 30.9 Å². The Kier molecular flexibility index (Phi) is 6.22. The molecule has 104 valence electrons. The number of Topliss-reactive ketones (excluding diaryl/α,β-unsaturated/α-hetero) is 1. The van der Waals surface area contributed by atoms with E-state index in [4.69, 9.17) is 0 Å². The Bertz CT molecular complexity index is 415. The number of carbonyl (C=O) groups excluding carboxylic acids is 2. The van der Waals surface area contributed by atoms with Gasteiger partial charge >= 0.3 is 5.97 Å². The van der Waals surface area contributed by atoms with Gasteiger partial charge < -0.3 is 10.1 Å². The molecule has 0 aliphatic carbocycles. The molecule has 1 unspecified atom stereocenters. The molecule has 1 atom stereocenters. The summed E-state index contributed by atoms with van der Waals surface area (Å²) in [5.41, 5.74) is 0.658. The second kappa shape index (κ2) is 7.69. The summed E-state index contributed by atoms with van der Waals surface area (Å²) in [6.45, 7) is 3.95. The summed E-state index contributed by atoms with van der Waals surface area (Å²) in [6.07, 6.45) is 0.679. The van der Waals surface area contributed by atoms with Crippen molar-refractivity contribution in [2.24, 2.45) is 0 Å². The molecule has 0 saturated carbocycles. The summed E-state index contributed by atoms with van der Waals surface area (Å²) in [4.78, 5) is 23.6. The number of carbonyl (C=O) groups is 2. The molecule has 0 radical (unpaired) electrons. The molecule has 0 saturated heterocycles. The molecular weight excluding hydrogens is 242 g/mol. The maximum Gasteiger partial charge on any atom is 0.305 e. The molecule has 1 aromatic rings. The predicted octanol–water partition coefficient (Wildman–Crippen LogP) is 2.19. The van der Waals surface area contributed by atoms with Crippen LogP contribution in [0.25, 0.3) is 0 Å². The Morgan fingerprint density at radius 1 is 1.21 bits per heavy atom. The minimum Gasteiger partial charge on any atom is -0.469 e. The van der Waals surface area contributed by atoms with Crippen molar-refractivity contribution in [3.05, 3.63) is 35.9 Å². The first kappa shape index (κ1) is 15.4. The van der Waals surface area contributed by atoms with Gasteiger partial charge in [0.2, 0.25) is 0 Å². The summed E-state index contributed by atoms with van der Waals surface area (Å²) < 4.78 is 4.61. The van der Waals surface area contributed by atoms with Crippen molar-refractivity contribution >= 4 is 11.8 Å². The lowest BCUT2D eigenvalue weighted by Crippen LogP contribution is -2.41. The van der Waals surface area contributed by atoms with E-state index in [2.05, 4.69) is 10.1 Å². The van der Waals surface area contributed by atoms with Crippen LogP contribution in [0, 0.1) is 0 Å². The van der Waals surface area contributed by atoms with Gasteiger partial charge in [-0.25, -0.2) is 0 Å². The first-order valence-corrected chi connectivity index (χ1v) is 6.46. The van der Waals surface area contributed by atoms with Crippen molar-refractivity contribution in [1.82, 2.24) is 5.32 Å². The number of nitrogens with one attached hydrogen (secondary N) is 1. The van der Waals surface area contributed by atoms with E-state index in [1.165, 1.54) is 7.11 Å². The first-order valence-electron chi connectivity index (χ1n) is 6.46. The number of methoxy groups -OCH3 is 1. The summed E-state index contributed by atoms with van der Waals surface area (Å²) in [6, 6.07) is 8.93. The molecule has 0 bridgehead atoms. The van der Waals surface area contributed by atoms with Gasteiger partial charge in [0.25, 0.3) is 0 Å². The number of hydrogen-bond donors (Lipinski definition) is 1. The van der Waals surface area contributed by atoms with Crippen molar-refractivity contribution in [1.29, 1.82) is 0 Å². The monoisotopic (exact) mass is 263 g/mol. The van der Waals surface area contributed by atoms with Crippen LogP contribution in [-0.2, 0) is 9.53 Å². The number of ether oxygens (including phenoxy) is 1. The van der Waals surface area contributed by atoms with E-state index in [0.717, 1.165) is 0 Å². The van der Waals surface area contributed by atoms with Gasteiger partial charge in [-0.05, 0) is 6.42 Å². The summed E-state index contributed by atoms with van der Waals surface area (Å²) in [5.74, 6) is -0.283. The van der Waals surface area contributed by atoms with E-state index in [-0.39, 0.29) is 30.3 Å². The van der Waals surface area contributed by atoms with Gasteiger partial charge in [0.1, 0.15) is 0 Å². The highest BCUT2D eigenvalue weighted by molar-refractivity contribution is 6.00. The largest absolute Gasteiger partial charge is 0.469 e. The van der Waals surface area contributed by atoms with E-state index < -0.39 is 0 Å². The van der Waals surface area contributed by atoms with E-state index in [1.54, 1.807) is 12.1 Å². The molecule has 1 aromatic carbocycles. The quantitative estimate of drug-likeness (QED) is 0.605. The molecule has 4 nitrogen and oxygen atoms in total. The van der Waals surface area contributed by atoms with Gasteiger partial charge in [-0.2, -0.15) is 0 Å². The normalized spacial score (nSPS) is 12.2. The number of hydrogen-bond acceptors (Lipinski definition) is 4. The van der Waals surface area contributed by atoms with Crippen LogP contribution in [0.5, 0.6) is 0 Å². The highest BCUT2D eigenvalue weighted by Gasteiger charge is 2.21. The molecule has 0 aromatic heterocycles. The zero-order valence-corrected chi connectivity index (χ0v) is 11.7. The molecule has 19 heavy (non-hydrogen) atoms. The SMILES string of the molecule is COC(=O)CCC(NC(C)C)C(=O)c1ccccc1. The van der Waals surface area contributed by atoms with Crippen molar-refractivity contribution < 1.29 is 14.3 Å². The van der Waals surface area contributed by atoms with Gasteiger partial charge in [-0.3, -0.25) is 9.59 Å². The third-order valence-electron chi connectivity index (χ3n) is 2.77. The third kappa shape index (κ3) is 5.22. The summed E-state index contributed by atoms with van der Waals surface area (Å²) >= 11 is 0. The molecule has 0 amide bonds. The van der Waals surface area contributed by atoms with Crippen molar-refractivity contribution in [2.45, 2.75) is 38.8 Å². The first-order chi connectivity index (χ1) is 9.04. The molecule has 4 heteroatoms. The van der Waals surface area contributed by atoms with Crippen molar-refractivity contribution in [3.8, 4) is 0 Å². The second-order valence-electron chi connectivity index (χ2n) is 4.72. The Morgan fingerprint density at radius 2 is 1.84 bits per heavy atom. The van der Waals surface area contributed by atoms with Crippen LogP contribution in [0.15, 0.2) is 30.3 Å². The molecule has 0 fully saturated rings. The average molecular weight is 263 g/mol. The minimum absolute atomic E-state index is 0.0122. The summed E-state index contributed by atoms with van der Waals surface area (Å²) in [5, 5.41) is 3.20. The molecular formula is C15H21NO3. The highest BCUT2D eigenvalue weighted by atomic mass is 16.5. The molecule has 0 aliphatic heterocycles. The Morgan fingerprint density at radius 3 is 2.37 bits per heavy atom. The zero-order valence-electron chi connectivity index (χ0n) is 11.7. The van der Waals surface area contributed by atoms with E-state index >= 15 is 0 Å². The summed E-state index contributed by atoms with van der Waals surface area (Å²) in [7, 11) is 1.35. The topological polar surface area (TPSA) is 55.4 Å². The third-order valence-corrected chi connectivity index (χ3v) is 2.77. The van der Waals surface area contributed by atoms with Crippen LogP contribution in [0.1, 0.15) is 37.0 Å². The number of esters is 1. The van der Waals surface area contributed by atoms with Crippen LogP contribution in [0.2, 0.25) is 0 Å². The van der Waals surface area contributed by atoms with E-state index in [0.29, 0.717) is 12.0 Å². The lowest BCUT2D eigenvalue weighted by Gasteiger charge is -2.19. The van der Waals surface area contributed by atoms with Crippen LogP contribution in [0.4, 0.5) is 0 Å². The smallest absolute Gasteiger partial charge is 0.305 e. The minimum atomic E-state index is -0.360. The fourth-order valence-electron chi connectivity index (χ4n) is 1.86. The fraction of sp³-hybridized carbons (Fsp3) is 0.467. The van der Waals surface area contributed by atoms with Gasteiger partial charge in [-0.1, -0.05) is 44.2 Å². The fourth-order valence-corrected chi connectivity index (χ4v) is 1.86. The lowest BCUT2D eigenvalue weighted by molar-refractivity contribution is -0.140. The Hall–Kier alpha value is -1.68. The number of ketones is 1. The van der Waals surface area contributed by atoms with Gasteiger partial charge in [0.05, 0.1) is 13.2 Å². The van der Waals surface area contributed by atoms with Gasteiger partial charge in [-0.15, -0.1) is 0 Å². The molecule has 0 aliphatic rings. The van der Waals surface area contributed by atoms with Gasteiger partial charge in [0, 0.05) is 18.0 Å². The number of benzene rings is 1. The van der Waals surface area contributed by atoms with Gasteiger partial charge in [0.15, 0.2) is 5.78 Å². The van der Waals surface area contributed by atoms with E-state index in [1.807, 2.05) is 32.0 Å². The van der Waals surface area contributed by atoms with Crippen LogP contribution < -0.4 is 5.32 Å². The molecule has 0 heterocycles. The maximum absolute atomic E-state index is 12.4. The molecule has 1 rings (SSSR count). The van der Waals surface area contributed by atoms with Crippen LogP contribution in [0.3, 0.4) is 0 Å². The average Bonchev–Trinajstić information content (AvgIpc) is 2.42. The highest BCUT2D eigenvalue weighted by Crippen LogP contribution is 2.09. The molecule has 0 spiro atoms. The van der Waals surface area contributed by atoms with Crippen molar-refractivity contribution in [2.75, 3.05) is 7.11 Å².